The molecule has 1 aromatic rings. The molecule has 0 aliphatic rings. The van der Waals surface area contributed by atoms with Gasteiger partial charge in [0.15, 0.2) is 0 Å². The maximum Gasteiger partial charge on any atom is 0.341 e. The molecule has 0 amide bonds. The molecule has 0 aliphatic carbocycles. The summed E-state index contributed by atoms with van der Waals surface area (Å²) in [5.41, 5.74) is 0.114. The van der Waals surface area contributed by atoms with Crippen LogP contribution in [0, 0.1) is 0 Å². The summed E-state index contributed by atoms with van der Waals surface area (Å²) in [6.45, 7) is 0. The van der Waals surface area contributed by atoms with Crippen LogP contribution in [-0.2, 0) is 14.6 Å². The Morgan fingerprint density at radius 1 is 1.38 bits per heavy atom. The summed E-state index contributed by atoms with van der Waals surface area (Å²) in [6, 6.07) is 3.03. The molecule has 0 bridgehead atoms. The van der Waals surface area contributed by atoms with E-state index < -0.39 is 20.5 Å². The Bertz CT molecular complexity index is 552. The molecule has 0 aromatic heterocycles. The van der Waals surface area contributed by atoms with Crippen molar-refractivity contribution in [2.24, 2.45) is 4.99 Å². The van der Waals surface area contributed by atoms with E-state index in [9.17, 15) is 22.0 Å². The molecule has 4 nitrogen and oxygen atoms in total. The minimum absolute atomic E-state index is 0.114. The zero-order valence-electron chi connectivity index (χ0n) is 7.52. The van der Waals surface area contributed by atoms with Gasteiger partial charge in [-0.25, -0.2) is 13.2 Å². The van der Waals surface area contributed by atoms with E-state index in [0.29, 0.717) is 0 Å². The highest BCUT2D eigenvalue weighted by Crippen LogP contribution is 2.29. The molecule has 86 valence electrons. The number of sulfone groups is 1. The van der Waals surface area contributed by atoms with Crippen LogP contribution in [0.5, 0.6) is 0 Å². The Balaban J connectivity index is 3.32. The lowest BCUT2D eigenvalue weighted by Gasteiger charge is -2.04. The number of isocyanates is 1. The number of hydrogen-bond donors (Lipinski definition) is 0. The van der Waals surface area contributed by atoms with Crippen molar-refractivity contribution < 1.29 is 22.0 Å². The highest BCUT2D eigenvalue weighted by atomic mass is 79.9. The van der Waals surface area contributed by atoms with E-state index in [0.717, 1.165) is 18.2 Å². The van der Waals surface area contributed by atoms with Crippen LogP contribution in [-0.4, -0.2) is 20.3 Å². The number of alkyl halides is 2. The van der Waals surface area contributed by atoms with Crippen molar-refractivity contribution in [1.82, 2.24) is 0 Å². The summed E-state index contributed by atoms with van der Waals surface area (Å²) in [7, 11) is -4.63. The Hall–Kier alpha value is -1.11. The van der Waals surface area contributed by atoms with Crippen molar-refractivity contribution in [3.05, 3.63) is 22.7 Å². The molecule has 0 N–H and O–H groups in total. The van der Waals surface area contributed by atoms with E-state index in [2.05, 4.69) is 20.9 Å². The van der Waals surface area contributed by atoms with Crippen molar-refractivity contribution in [1.29, 1.82) is 0 Å². The number of rotatable bonds is 3. The fourth-order valence-electron chi connectivity index (χ4n) is 0.907. The first-order valence-corrected chi connectivity index (χ1v) is 6.13. The Morgan fingerprint density at radius 3 is 2.44 bits per heavy atom. The van der Waals surface area contributed by atoms with Crippen LogP contribution in [0.25, 0.3) is 0 Å². The predicted molar refractivity (Wildman–Crippen MR) is 55.1 cm³/mol. The van der Waals surface area contributed by atoms with Crippen LogP contribution in [0.1, 0.15) is 0 Å². The highest BCUT2D eigenvalue weighted by molar-refractivity contribution is 9.10. The largest absolute Gasteiger partial charge is 0.341 e. The van der Waals surface area contributed by atoms with Crippen LogP contribution >= 0.6 is 15.9 Å². The van der Waals surface area contributed by atoms with Crippen molar-refractivity contribution >= 4 is 37.5 Å². The lowest BCUT2D eigenvalue weighted by molar-refractivity contribution is 0.234. The molecule has 0 radical (unpaired) electrons. The lowest BCUT2D eigenvalue weighted by atomic mass is 10.3. The number of benzene rings is 1. The van der Waals surface area contributed by atoms with Gasteiger partial charge in [-0.15, -0.1) is 0 Å². The minimum atomic E-state index is -4.63. The molecule has 0 aliphatic heterocycles. The molecular formula is C8H4BrF2NO3S. The summed E-state index contributed by atoms with van der Waals surface area (Å²) in [6.07, 6.45) is 1.25. The second kappa shape index (κ2) is 4.82. The van der Waals surface area contributed by atoms with E-state index in [4.69, 9.17) is 0 Å². The predicted octanol–water partition coefficient (Wildman–Crippen LogP) is 2.41. The molecule has 1 aromatic carbocycles. The maximum absolute atomic E-state index is 12.2. The van der Waals surface area contributed by atoms with Gasteiger partial charge in [-0.3, -0.25) is 0 Å². The maximum atomic E-state index is 12.2. The second-order valence-electron chi connectivity index (χ2n) is 2.62. The van der Waals surface area contributed by atoms with Gasteiger partial charge in [0, 0.05) is 4.47 Å². The SMILES string of the molecule is O=C=Nc1ccc(S(=O)(=O)C(F)F)cc1Br. The van der Waals surface area contributed by atoms with Crippen molar-refractivity contribution in [3.8, 4) is 0 Å². The number of hydrogen-bond acceptors (Lipinski definition) is 4. The first kappa shape index (κ1) is 13.0. The van der Waals surface area contributed by atoms with Gasteiger partial charge in [-0.05, 0) is 34.1 Å². The minimum Gasteiger partial charge on any atom is -0.218 e. The van der Waals surface area contributed by atoms with Crippen molar-refractivity contribution in [2.75, 3.05) is 0 Å². The molecule has 0 unspecified atom stereocenters. The number of carbonyl (C=O) groups excluding carboxylic acids is 1. The summed E-state index contributed by atoms with van der Waals surface area (Å²) in [4.78, 5) is 12.7. The molecule has 16 heavy (non-hydrogen) atoms. The zero-order valence-corrected chi connectivity index (χ0v) is 9.93. The summed E-state index contributed by atoms with van der Waals surface area (Å²) in [5, 5.41) is 0. The Morgan fingerprint density at radius 2 is 2.00 bits per heavy atom. The topological polar surface area (TPSA) is 63.6 Å². The van der Waals surface area contributed by atoms with Crippen LogP contribution in [0.2, 0.25) is 0 Å². The molecule has 8 heteroatoms. The smallest absolute Gasteiger partial charge is 0.218 e. The average molecular weight is 312 g/mol. The van der Waals surface area contributed by atoms with Gasteiger partial charge in [0.25, 0.3) is 0 Å². The fourth-order valence-corrected chi connectivity index (χ4v) is 2.27. The Labute approximate surface area is 98.0 Å². The summed E-state index contributed by atoms with van der Waals surface area (Å²) in [5.74, 6) is -3.49. The standard InChI is InChI=1S/C8H4BrF2NO3S/c9-6-3-5(16(14,15)8(10)11)1-2-7(6)12-4-13/h1-3,8H. The van der Waals surface area contributed by atoms with E-state index in [1.54, 1.807) is 0 Å². The van der Waals surface area contributed by atoms with E-state index >= 15 is 0 Å². The highest BCUT2D eigenvalue weighted by Gasteiger charge is 2.26. The molecule has 0 spiro atoms. The summed E-state index contributed by atoms with van der Waals surface area (Å²) < 4.78 is 46.7. The van der Waals surface area contributed by atoms with E-state index in [-0.39, 0.29) is 10.2 Å². The monoisotopic (exact) mass is 311 g/mol. The molecule has 0 saturated carbocycles. The normalized spacial score (nSPS) is 11.2. The third-order valence-electron chi connectivity index (χ3n) is 1.65. The van der Waals surface area contributed by atoms with Crippen molar-refractivity contribution in [3.63, 3.8) is 0 Å². The van der Waals surface area contributed by atoms with Crippen LogP contribution in [0.3, 0.4) is 0 Å². The van der Waals surface area contributed by atoms with Gasteiger partial charge in [0.2, 0.25) is 15.9 Å². The fraction of sp³-hybridized carbons (Fsp3) is 0.125. The average Bonchev–Trinajstić information content (AvgIpc) is 2.21. The third kappa shape index (κ3) is 2.52. The lowest BCUT2D eigenvalue weighted by Crippen LogP contribution is -2.11. The van der Waals surface area contributed by atoms with Gasteiger partial charge >= 0.3 is 5.76 Å². The molecule has 0 fully saturated rings. The number of aliphatic imine (C=N–C) groups is 1. The first-order chi connectivity index (χ1) is 7.39. The summed E-state index contributed by atoms with van der Waals surface area (Å²) >= 11 is 2.91. The number of halogens is 3. The quantitative estimate of drug-likeness (QED) is 0.636. The first-order valence-electron chi connectivity index (χ1n) is 3.79. The van der Waals surface area contributed by atoms with Gasteiger partial charge in [0.05, 0.1) is 10.6 Å². The Kier molecular flexibility index (Phi) is 3.90. The molecule has 1 rings (SSSR count). The molecule has 0 heterocycles. The van der Waals surface area contributed by atoms with Crippen LogP contribution < -0.4 is 0 Å². The van der Waals surface area contributed by atoms with Gasteiger partial charge < -0.3 is 0 Å². The van der Waals surface area contributed by atoms with E-state index in [1.807, 2.05) is 0 Å². The van der Waals surface area contributed by atoms with Gasteiger partial charge in [-0.2, -0.15) is 13.8 Å². The molecule has 0 saturated heterocycles. The molecule has 0 atom stereocenters. The van der Waals surface area contributed by atoms with Gasteiger partial charge in [-0.1, -0.05) is 0 Å². The van der Waals surface area contributed by atoms with Crippen LogP contribution in [0.15, 0.2) is 32.6 Å². The molecular weight excluding hydrogens is 308 g/mol. The second-order valence-corrected chi connectivity index (χ2v) is 5.39. The zero-order chi connectivity index (χ0) is 12.3. The van der Waals surface area contributed by atoms with Gasteiger partial charge in [0.1, 0.15) is 0 Å². The van der Waals surface area contributed by atoms with Crippen LogP contribution in [0.4, 0.5) is 14.5 Å². The van der Waals surface area contributed by atoms with E-state index in [1.165, 1.54) is 6.08 Å². The number of nitrogens with zero attached hydrogens (tertiary/aromatic N) is 1. The third-order valence-corrected chi connectivity index (χ3v) is 3.66. The van der Waals surface area contributed by atoms with Crippen molar-refractivity contribution in [2.45, 2.75) is 10.7 Å².